The van der Waals surface area contributed by atoms with Gasteiger partial charge in [0, 0.05) is 42.3 Å². The van der Waals surface area contributed by atoms with Gasteiger partial charge in [-0.25, -0.2) is 0 Å². The Morgan fingerprint density at radius 2 is 1.69 bits per heavy atom. The van der Waals surface area contributed by atoms with Gasteiger partial charge in [-0.1, -0.05) is 65.7 Å². The number of amides is 1. The van der Waals surface area contributed by atoms with E-state index in [4.69, 9.17) is 21.1 Å². The van der Waals surface area contributed by atoms with Crippen LogP contribution < -0.4 is 4.74 Å². The summed E-state index contributed by atoms with van der Waals surface area (Å²) in [5.74, 6) is 0.751. The van der Waals surface area contributed by atoms with E-state index in [2.05, 4.69) is 58.4 Å². The summed E-state index contributed by atoms with van der Waals surface area (Å²) in [6.07, 6.45) is 0. The summed E-state index contributed by atoms with van der Waals surface area (Å²) in [5, 5.41) is 8.37. The maximum absolute atomic E-state index is 13.7. The van der Waals surface area contributed by atoms with E-state index in [9.17, 15) is 4.79 Å². The van der Waals surface area contributed by atoms with E-state index in [0.717, 1.165) is 66.5 Å². The van der Waals surface area contributed by atoms with Gasteiger partial charge in [0.25, 0.3) is 5.91 Å². The van der Waals surface area contributed by atoms with Gasteiger partial charge in [0.05, 0.1) is 24.9 Å². The van der Waals surface area contributed by atoms with Gasteiger partial charge in [0.1, 0.15) is 18.1 Å². The lowest BCUT2D eigenvalue weighted by Gasteiger charge is -2.31. The molecular formula is C31H31ClN4O3. The smallest absolute Gasteiger partial charge is 0.273 e. The molecule has 1 N–H and O–H groups in total. The summed E-state index contributed by atoms with van der Waals surface area (Å²) in [7, 11) is 0. The summed E-state index contributed by atoms with van der Waals surface area (Å²) in [4.78, 5) is 18.0. The molecule has 1 atom stereocenters. The first kappa shape index (κ1) is 25.6. The minimum absolute atomic E-state index is 0.0165. The molecule has 0 aliphatic carbocycles. The Hall–Kier alpha value is -3.65. The van der Waals surface area contributed by atoms with Crippen molar-refractivity contribution in [3.05, 3.63) is 106 Å². The zero-order chi connectivity index (χ0) is 26.8. The van der Waals surface area contributed by atoms with Gasteiger partial charge in [0.2, 0.25) is 0 Å². The Kier molecular flexibility index (Phi) is 7.37. The first-order valence-electron chi connectivity index (χ1n) is 13.3. The average molecular weight is 543 g/mol. The van der Waals surface area contributed by atoms with Crippen molar-refractivity contribution in [3.8, 4) is 17.0 Å². The van der Waals surface area contributed by atoms with Gasteiger partial charge in [-0.3, -0.25) is 14.8 Å². The van der Waals surface area contributed by atoms with Crippen molar-refractivity contribution < 1.29 is 14.3 Å². The molecule has 1 aromatic heterocycles. The van der Waals surface area contributed by atoms with Crippen LogP contribution in [0.15, 0.2) is 72.8 Å². The number of nitrogens with one attached hydrogen (secondary N) is 1. The summed E-state index contributed by atoms with van der Waals surface area (Å²) >= 11 is 6.00. The molecule has 0 bridgehead atoms. The third-order valence-electron chi connectivity index (χ3n) is 7.46. The molecule has 0 saturated carbocycles. The number of halogens is 1. The fourth-order valence-electron chi connectivity index (χ4n) is 5.27. The number of aromatic amines is 1. The Morgan fingerprint density at radius 1 is 0.974 bits per heavy atom. The number of rotatable bonds is 8. The van der Waals surface area contributed by atoms with Crippen molar-refractivity contribution in [2.24, 2.45) is 0 Å². The predicted octanol–water partition coefficient (Wildman–Crippen LogP) is 5.49. The zero-order valence-corrected chi connectivity index (χ0v) is 22.7. The molecule has 1 fully saturated rings. The Bertz CT molecular complexity index is 1430. The molecule has 6 rings (SSSR count). The van der Waals surface area contributed by atoms with Crippen LogP contribution in [-0.2, 0) is 11.3 Å². The quantitative estimate of drug-likeness (QED) is 0.318. The molecular weight excluding hydrogens is 512 g/mol. The van der Waals surface area contributed by atoms with Gasteiger partial charge in [0.15, 0.2) is 0 Å². The monoisotopic (exact) mass is 542 g/mol. The number of hydrogen-bond acceptors (Lipinski definition) is 5. The number of H-pyrrole nitrogens is 1. The van der Waals surface area contributed by atoms with Gasteiger partial charge in [-0.05, 0) is 42.3 Å². The SMILES string of the molecule is Cc1ccc(-c2n[nH]c3c2C(c2ccc(OCc4ccc(Cl)cc4)cc2)N(CCN2CCOCC2)C3=O)cc1. The predicted molar refractivity (Wildman–Crippen MR) is 151 cm³/mol. The number of nitrogens with zero attached hydrogens (tertiary/aromatic N) is 3. The number of benzene rings is 3. The number of carbonyl (C=O) groups is 1. The summed E-state index contributed by atoms with van der Waals surface area (Å²) in [6, 6.07) is 23.7. The fourth-order valence-corrected chi connectivity index (χ4v) is 5.40. The largest absolute Gasteiger partial charge is 0.489 e. The third-order valence-corrected chi connectivity index (χ3v) is 7.72. The van der Waals surface area contributed by atoms with Crippen molar-refractivity contribution in [1.82, 2.24) is 20.0 Å². The highest BCUT2D eigenvalue weighted by Gasteiger charge is 2.42. The summed E-state index contributed by atoms with van der Waals surface area (Å²) in [6.45, 7) is 7.16. The van der Waals surface area contributed by atoms with Crippen LogP contribution in [0.5, 0.6) is 5.75 Å². The first-order valence-corrected chi connectivity index (χ1v) is 13.7. The van der Waals surface area contributed by atoms with Gasteiger partial charge in [-0.2, -0.15) is 5.10 Å². The number of aromatic nitrogens is 2. The molecule has 7 nitrogen and oxygen atoms in total. The topological polar surface area (TPSA) is 70.7 Å². The lowest BCUT2D eigenvalue weighted by Crippen LogP contribution is -2.42. The standard InChI is InChI=1S/C31H31ClN4O3/c1-21-2-6-23(7-3-21)28-27-29(34-33-28)31(37)36(15-14-35-16-18-38-19-17-35)30(27)24-8-12-26(13-9-24)39-20-22-4-10-25(32)11-5-22/h2-13,30H,14-20H2,1H3,(H,33,34). The zero-order valence-electron chi connectivity index (χ0n) is 21.9. The van der Waals surface area contributed by atoms with Crippen LogP contribution in [0.1, 0.15) is 38.8 Å². The van der Waals surface area contributed by atoms with Gasteiger partial charge >= 0.3 is 0 Å². The molecule has 0 spiro atoms. The van der Waals surface area contributed by atoms with Crippen molar-refractivity contribution in [1.29, 1.82) is 0 Å². The molecule has 200 valence electrons. The molecule has 1 unspecified atom stereocenters. The van der Waals surface area contributed by atoms with Crippen LogP contribution in [0, 0.1) is 6.92 Å². The lowest BCUT2D eigenvalue weighted by atomic mass is 9.95. The molecule has 2 aliphatic rings. The second-order valence-corrected chi connectivity index (χ2v) is 10.5. The van der Waals surface area contributed by atoms with Crippen LogP contribution >= 0.6 is 11.6 Å². The maximum Gasteiger partial charge on any atom is 0.273 e. The highest BCUT2D eigenvalue weighted by atomic mass is 35.5. The van der Waals surface area contributed by atoms with Crippen LogP contribution in [-0.4, -0.2) is 65.3 Å². The van der Waals surface area contributed by atoms with E-state index in [0.29, 0.717) is 23.9 Å². The fraction of sp³-hybridized carbons (Fsp3) is 0.290. The number of morpholine rings is 1. The highest BCUT2D eigenvalue weighted by molar-refractivity contribution is 6.30. The van der Waals surface area contributed by atoms with Crippen LogP contribution in [0.2, 0.25) is 5.02 Å². The van der Waals surface area contributed by atoms with E-state index in [-0.39, 0.29) is 11.9 Å². The molecule has 8 heteroatoms. The minimum Gasteiger partial charge on any atom is -0.489 e. The second-order valence-electron chi connectivity index (χ2n) is 10.1. The van der Waals surface area contributed by atoms with E-state index in [1.54, 1.807) is 0 Å². The molecule has 3 heterocycles. The number of fused-ring (bicyclic) bond motifs is 1. The van der Waals surface area contributed by atoms with Crippen molar-refractivity contribution in [3.63, 3.8) is 0 Å². The van der Waals surface area contributed by atoms with Crippen molar-refractivity contribution in [2.75, 3.05) is 39.4 Å². The molecule has 3 aromatic carbocycles. The Morgan fingerprint density at radius 3 is 2.41 bits per heavy atom. The molecule has 0 radical (unpaired) electrons. The molecule has 1 saturated heterocycles. The van der Waals surface area contributed by atoms with Gasteiger partial charge in [-0.15, -0.1) is 0 Å². The number of carbonyl (C=O) groups excluding carboxylic acids is 1. The lowest BCUT2D eigenvalue weighted by molar-refractivity contribution is 0.0316. The van der Waals surface area contributed by atoms with Gasteiger partial charge < -0.3 is 14.4 Å². The normalized spacial score (nSPS) is 17.4. The van der Waals surface area contributed by atoms with Crippen LogP contribution in [0.25, 0.3) is 11.3 Å². The molecule has 2 aliphatic heterocycles. The first-order chi connectivity index (χ1) is 19.1. The van der Waals surface area contributed by atoms with Crippen molar-refractivity contribution >= 4 is 17.5 Å². The Labute approximate surface area is 233 Å². The van der Waals surface area contributed by atoms with Crippen molar-refractivity contribution in [2.45, 2.75) is 19.6 Å². The van der Waals surface area contributed by atoms with E-state index >= 15 is 0 Å². The second kappa shape index (κ2) is 11.2. The number of aryl methyl sites for hydroxylation is 1. The average Bonchev–Trinajstić information content (AvgIpc) is 3.51. The third kappa shape index (κ3) is 5.43. The highest BCUT2D eigenvalue weighted by Crippen LogP contribution is 2.43. The van der Waals surface area contributed by atoms with E-state index in [1.807, 2.05) is 41.3 Å². The minimum atomic E-state index is -0.242. The summed E-state index contributed by atoms with van der Waals surface area (Å²) in [5.41, 5.74) is 6.57. The molecule has 1 amide bonds. The van der Waals surface area contributed by atoms with E-state index in [1.165, 1.54) is 5.56 Å². The van der Waals surface area contributed by atoms with E-state index < -0.39 is 0 Å². The maximum atomic E-state index is 13.7. The number of ether oxygens (including phenoxy) is 2. The van der Waals surface area contributed by atoms with Crippen LogP contribution in [0.4, 0.5) is 0 Å². The molecule has 4 aromatic rings. The molecule has 39 heavy (non-hydrogen) atoms. The van der Waals surface area contributed by atoms with Crippen LogP contribution in [0.3, 0.4) is 0 Å². The Balaban J connectivity index is 1.28. The summed E-state index contributed by atoms with van der Waals surface area (Å²) < 4.78 is 11.5. The number of hydrogen-bond donors (Lipinski definition) is 1.